The molecule has 29 heavy (non-hydrogen) atoms. The summed E-state index contributed by atoms with van der Waals surface area (Å²) in [6.07, 6.45) is 3.19. The Morgan fingerprint density at radius 2 is 2.10 bits per heavy atom. The first-order valence-electron chi connectivity index (χ1n) is 8.26. The van der Waals surface area contributed by atoms with Gasteiger partial charge in [-0.15, -0.1) is 0 Å². The van der Waals surface area contributed by atoms with E-state index in [0.717, 1.165) is 23.5 Å². The number of methoxy groups -OCH3 is 1. The molecule has 0 fully saturated rings. The number of halogens is 3. The van der Waals surface area contributed by atoms with Crippen molar-refractivity contribution in [1.29, 1.82) is 0 Å². The highest BCUT2D eigenvalue weighted by Gasteiger charge is 2.14. The minimum absolute atomic E-state index is 0.163. The number of hydrogen-bond donors (Lipinski definition) is 1. The molecule has 0 saturated heterocycles. The summed E-state index contributed by atoms with van der Waals surface area (Å²) in [6, 6.07) is 9.02. The minimum Gasteiger partial charge on any atom is -0.493 e. The maximum atomic E-state index is 12.4. The lowest BCUT2D eigenvalue weighted by Crippen LogP contribution is -2.16. The van der Waals surface area contributed by atoms with Gasteiger partial charge in [-0.3, -0.25) is 4.79 Å². The van der Waals surface area contributed by atoms with E-state index in [-0.39, 0.29) is 5.76 Å². The monoisotopic (exact) mass is 632 g/mol. The second-order valence-corrected chi connectivity index (χ2v) is 8.68. The molecule has 2 aromatic carbocycles. The Bertz CT molecular complexity index is 1110. The van der Waals surface area contributed by atoms with Crippen molar-refractivity contribution in [3.05, 3.63) is 66.8 Å². The number of carbonyl (C=O) groups is 1. The van der Waals surface area contributed by atoms with Gasteiger partial charge in [0.15, 0.2) is 17.3 Å². The maximum absolute atomic E-state index is 12.4. The van der Waals surface area contributed by atoms with Gasteiger partial charge in [-0.1, -0.05) is 28.6 Å². The Kier molecular flexibility index (Phi) is 7.36. The number of ether oxygens (including phenoxy) is 2. The van der Waals surface area contributed by atoms with Crippen molar-refractivity contribution in [2.75, 3.05) is 13.7 Å². The molecule has 0 bridgehead atoms. The van der Waals surface area contributed by atoms with E-state index in [2.05, 4.69) is 71.6 Å². The molecule has 0 atom stereocenters. The molecule has 150 valence electrons. The van der Waals surface area contributed by atoms with Gasteiger partial charge in [0.2, 0.25) is 0 Å². The zero-order chi connectivity index (χ0) is 21.0. The summed E-state index contributed by atoms with van der Waals surface area (Å²) >= 11 is 8.99. The predicted octanol–water partition coefficient (Wildman–Crippen LogP) is 5.90. The Hall–Kier alpha value is -1.85. The van der Waals surface area contributed by atoms with Crippen molar-refractivity contribution in [1.82, 2.24) is 5.43 Å². The molecular formula is C20H15Br2IN2O4. The Balaban J connectivity index is 1.75. The van der Waals surface area contributed by atoms with E-state index < -0.39 is 5.91 Å². The number of fused-ring (bicyclic) bond motifs is 1. The number of hydrogen-bond acceptors (Lipinski definition) is 5. The highest BCUT2D eigenvalue weighted by molar-refractivity contribution is 14.1. The smallest absolute Gasteiger partial charge is 0.307 e. The van der Waals surface area contributed by atoms with Gasteiger partial charge in [0.05, 0.1) is 21.4 Å². The topological polar surface area (TPSA) is 73.1 Å². The van der Waals surface area contributed by atoms with E-state index in [1.807, 2.05) is 18.2 Å². The van der Waals surface area contributed by atoms with Gasteiger partial charge in [-0.2, -0.15) is 5.10 Å². The Morgan fingerprint density at radius 3 is 2.83 bits per heavy atom. The molecule has 1 heterocycles. The zero-order valence-electron chi connectivity index (χ0n) is 15.2. The summed E-state index contributed by atoms with van der Waals surface area (Å²) < 4.78 is 19.1. The Labute approximate surface area is 197 Å². The van der Waals surface area contributed by atoms with Gasteiger partial charge in [-0.25, -0.2) is 5.43 Å². The first-order valence-corrected chi connectivity index (χ1v) is 10.9. The van der Waals surface area contributed by atoms with Crippen LogP contribution in [-0.2, 0) is 0 Å². The number of hydrazone groups is 1. The van der Waals surface area contributed by atoms with Gasteiger partial charge in [0.1, 0.15) is 12.2 Å². The molecule has 1 amide bonds. The molecule has 6 nitrogen and oxygen atoms in total. The number of amides is 1. The summed E-state index contributed by atoms with van der Waals surface area (Å²) in [5, 5.41) is 4.82. The third-order valence-electron chi connectivity index (χ3n) is 3.74. The molecule has 0 spiro atoms. The van der Waals surface area contributed by atoms with Crippen molar-refractivity contribution in [3.63, 3.8) is 0 Å². The molecule has 1 N–H and O–H groups in total. The van der Waals surface area contributed by atoms with E-state index >= 15 is 0 Å². The molecule has 0 radical (unpaired) electrons. The summed E-state index contributed by atoms with van der Waals surface area (Å²) in [5.74, 6) is 0.914. The highest BCUT2D eigenvalue weighted by Crippen LogP contribution is 2.34. The van der Waals surface area contributed by atoms with Crippen LogP contribution in [0.2, 0.25) is 0 Å². The van der Waals surface area contributed by atoms with E-state index in [4.69, 9.17) is 13.9 Å². The molecule has 0 aliphatic rings. The lowest BCUT2D eigenvalue weighted by atomic mass is 10.2. The second-order valence-electron chi connectivity index (χ2n) is 5.75. The molecule has 1 aromatic heterocycles. The molecule has 9 heteroatoms. The molecule has 3 aromatic rings. The first kappa shape index (κ1) is 21.8. The molecule has 0 unspecified atom stereocenters. The normalized spacial score (nSPS) is 11.0. The van der Waals surface area contributed by atoms with Crippen LogP contribution in [0.1, 0.15) is 16.1 Å². The first-order chi connectivity index (χ1) is 13.9. The molecule has 3 rings (SSSR count). The number of nitrogens with zero attached hydrogens (tertiary/aromatic N) is 1. The average Bonchev–Trinajstić information content (AvgIpc) is 3.11. The molecule has 0 aliphatic carbocycles. The van der Waals surface area contributed by atoms with Crippen LogP contribution >= 0.6 is 54.5 Å². The molecular weight excluding hydrogens is 619 g/mol. The van der Waals surface area contributed by atoms with Crippen molar-refractivity contribution >= 4 is 77.5 Å². The summed E-state index contributed by atoms with van der Waals surface area (Å²) in [5.41, 5.74) is 3.81. The van der Waals surface area contributed by atoms with Crippen molar-refractivity contribution in [2.45, 2.75) is 0 Å². The van der Waals surface area contributed by atoms with E-state index in [1.165, 1.54) is 6.21 Å². The lowest BCUT2D eigenvalue weighted by Gasteiger charge is -2.12. The lowest BCUT2D eigenvalue weighted by molar-refractivity contribution is 0.0929. The third-order valence-corrected chi connectivity index (χ3v) is 5.58. The van der Waals surface area contributed by atoms with Crippen molar-refractivity contribution in [3.8, 4) is 11.5 Å². The number of rotatable bonds is 7. The number of carbonyl (C=O) groups excluding carboxylic acids is 1. The van der Waals surface area contributed by atoms with Gasteiger partial charge in [0, 0.05) is 9.86 Å². The van der Waals surface area contributed by atoms with Crippen LogP contribution in [0.25, 0.3) is 11.0 Å². The van der Waals surface area contributed by atoms with Crippen molar-refractivity contribution in [2.24, 2.45) is 5.10 Å². The van der Waals surface area contributed by atoms with Crippen LogP contribution in [0.5, 0.6) is 11.5 Å². The van der Waals surface area contributed by atoms with Gasteiger partial charge < -0.3 is 13.9 Å². The number of benzene rings is 2. The maximum Gasteiger partial charge on any atom is 0.307 e. The summed E-state index contributed by atoms with van der Waals surface area (Å²) in [4.78, 5) is 12.4. The second kappa shape index (κ2) is 9.77. The SMILES string of the molecule is C=CCOc1c(I)cc(/C=N/NC(=O)c2cc3cc(Br)cc(Br)c3o2)cc1OC. The van der Waals surface area contributed by atoms with Crippen LogP contribution in [0.15, 0.2) is 61.5 Å². The van der Waals surface area contributed by atoms with Crippen LogP contribution in [-0.4, -0.2) is 25.8 Å². The van der Waals surface area contributed by atoms with E-state index in [1.54, 1.807) is 25.3 Å². The fourth-order valence-electron chi connectivity index (χ4n) is 2.50. The van der Waals surface area contributed by atoms with Gasteiger partial charge in [0.25, 0.3) is 0 Å². The summed E-state index contributed by atoms with van der Waals surface area (Å²) in [6.45, 7) is 4.02. The third kappa shape index (κ3) is 5.20. The fourth-order valence-corrected chi connectivity index (χ4v) is 4.63. The van der Waals surface area contributed by atoms with Gasteiger partial charge >= 0.3 is 5.91 Å². The predicted molar refractivity (Wildman–Crippen MR) is 128 cm³/mol. The molecule has 0 aliphatic heterocycles. The largest absolute Gasteiger partial charge is 0.493 e. The van der Waals surface area contributed by atoms with E-state index in [9.17, 15) is 4.79 Å². The average molecular weight is 634 g/mol. The quantitative estimate of drug-likeness (QED) is 0.152. The Morgan fingerprint density at radius 1 is 1.31 bits per heavy atom. The van der Waals surface area contributed by atoms with E-state index in [0.29, 0.717) is 23.7 Å². The minimum atomic E-state index is -0.451. The number of furan rings is 1. The fraction of sp³-hybridized carbons (Fsp3) is 0.100. The molecule has 0 saturated carbocycles. The van der Waals surface area contributed by atoms with Gasteiger partial charge in [-0.05, 0) is 74.4 Å². The standard InChI is InChI=1S/C20H15Br2IN2O4/c1-3-4-28-19-15(23)5-11(6-16(19)27-2)10-24-25-20(26)17-8-12-7-13(21)9-14(22)18(12)29-17/h3,5-10H,1,4H2,2H3,(H,25,26)/b24-10+. The van der Waals surface area contributed by atoms with Crippen LogP contribution in [0.3, 0.4) is 0 Å². The number of nitrogens with one attached hydrogen (secondary N) is 1. The van der Waals surface area contributed by atoms with Crippen LogP contribution in [0.4, 0.5) is 0 Å². The van der Waals surface area contributed by atoms with Crippen LogP contribution < -0.4 is 14.9 Å². The zero-order valence-corrected chi connectivity index (χ0v) is 20.5. The summed E-state index contributed by atoms with van der Waals surface area (Å²) in [7, 11) is 1.56. The van der Waals surface area contributed by atoms with Crippen molar-refractivity contribution < 1.29 is 18.7 Å². The highest BCUT2D eigenvalue weighted by atomic mass is 127. The van der Waals surface area contributed by atoms with Crippen LogP contribution in [0, 0.1) is 3.57 Å².